The van der Waals surface area contributed by atoms with Crippen LogP contribution in [0, 0.1) is 0 Å². The molecule has 0 bridgehead atoms. The number of carbonyl (C=O) groups is 1. The molecule has 6 N–H and O–H groups in total. The Balaban J connectivity index is 2.25. The molecule has 0 spiro atoms. The summed E-state index contributed by atoms with van der Waals surface area (Å²) in [6.45, 7) is 3.46. The van der Waals surface area contributed by atoms with Crippen molar-refractivity contribution in [1.82, 2.24) is 5.32 Å². The molecule has 0 radical (unpaired) electrons. The third-order valence-corrected chi connectivity index (χ3v) is 16.8. The van der Waals surface area contributed by atoms with Gasteiger partial charge in [0.1, 0.15) is 24.4 Å². The van der Waals surface area contributed by atoms with E-state index in [4.69, 9.17) is 9.47 Å². The Morgan fingerprint density at radius 1 is 0.500 bits per heavy atom. The average molecular weight is 1130 g/mol. The van der Waals surface area contributed by atoms with Crippen LogP contribution >= 0.6 is 0 Å². The summed E-state index contributed by atoms with van der Waals surface area (Å²) >= 11 is 0. The van der Waals surface area contributed by atoms with Crippen LogP contribution in [0.15, 0.2) is 12.2 Å². The molecule has 13 heteroatoms. The lowest BCUT2D eigenvalue weighted by molar-refractivity contribution is -0.298. The van der Waals surface area contributed by atoms with Crippen molar-refractivity contribution < 1.29 is 51.8 Å². The second kappa shape index (κ2) is 55.1. The van der Waals surface area contributed by atoms with Gasteiger partial charge in [-0.15, -0.1) is 0 Å². The van der Waals surface area contributed by atoms with Crippen molar-refractivity contribution in [3.8, 4) is 0 Å². The molecule has 7 atom stereocenters. The number of amides is 1. The Bertz CT molecular complexity index is 1420. The number of rotatable bonds is 60. The third-order valence-electron chi connectivity index (χ3n) is 16.3. The van der Waals surface area contributed by atoms with Crippen LogP contribution in [0.25, 0.3) is 0 Å². The van der Waals surface area contributed by atoms with Gasteiger partial charge in [0.2, 0.25) is 5.91 Å². The summed E-state index contributed by atoms with van der Waals surface area (Å²) in [6.07, 6.45) is 59.9. The molecule has 1 aliphatic heterocycles. The first-order valence-electron chi connectivity index (χ1n) is 33.6. The lowest BCUT2D eigenvalue weighted by atomic mass is 9.99. The Hall–Kier alpha value is -1.16. The zero-order valence-electron chi connectivity index (χ0n) is 50.8. The lowest BCUT2D eigenvalue weighted by Gasteiger charge is -2.41. The van der Waals surface area contributed by atoms with Gasteiger partial charge in [0.25, 0.3) is 0 Å². The smallest absolute Gasteiger partial charge is 0.394 e. The second-order valence-electron chi connectivity index (χ2n) is 23.8. The van der Waals surface area contributed by atoms with E-state index in [1.807, 2.05) is 6.08 Å². The molecular weight excluding hydrogens is 1000 g/mol. The van der Waals surface area contributed by atoms with Gasteiger partial charge in [-0.2, -0.15) is 8.42 Å². The maximum absolute atomic E-state index is 13.2. The van der Waals surface area contributed by atoms with E-state index in [0.717, 1.165) is 38.5 Å². The molecule has 0 aromatic carbocycles. The van der Waals surface area contributed by atoms with Gasteiger partial charge in [-0.25, -0.2) is 4.18 Å². The molecule has 1 aliphatic rings. The van der Waals surface area contributed by atoms with Gasteiger partial charge in [-0.05, 0) is 19.3 Å². The highest BCUT2D eigenvalue weighted by Crippen LogP contribution is 2.26. The van der Waals surface area contributed by atoms with Crippen molar-refractivity contribution in [2.45, 2.75) is 384 Å². The maximum atomic E-state index is 13.2. The van der Waals surface area contributed by atoms with Gasteiger partial charge in [0.05, 0.1) is 25.4 Å². The summed E-state index contributed by atoms with van der Waals surface area (Å²) < 4.78 is 48.0. The summed E-state index contributed by atoms with van der Waals surface area (Å²) in [5, 5.41) is 45.1. The van der Waals surface area contributed by atoms with Crippen molar-refractivity contribution in [2.75, 3.05) is 13.2 Å². The van der Waals surface area contributed by atoms with Crippen LogP contribution in [0.3, 0.4) is 0 Å². The number of aliphatic hydroxyl groups excluding tert-OH is 4. The van der Waals surface area contributed by atoms with E-state index >= 15 is 0 Å². The molecule has 0 saturated carbocycles. The largest absolute Gasteiger partial charge is 0.397 e. The highest BCUT2D eigenvalue weighted by molar-refractivity contribution is 7.80. The zero-order valence-corrected chi connectivity index (χ0v) is 51.6. The first-order valence-corrected chi connectivity index (χ1v) is 34.9. The summed E-state index contributed by atoms with van der Waals surface area (Å²) in [7, 11) is -5.09. The minimum absolute atomic E-state index is 0.253. The first-order chi connectivity index (χ1) is 38.0. The molecule has 1 saturated heterocycles. The quantitative estimate of drug-likeness (QED) is 0.0193. The van der Waals surface area contributed by atoms with Crippen LogP contribution in [0.1, 0.15) is 341 Å². The topological polar surface area (TPSA) is 192 Å². The lowest BCUT2D eigenvalue weighted by Crippen LogP contribution is -2.61. The molecule has 1 rings (SSSR count). The molecule has 1 fully saturated rings. The summed E-state index contributed by atoms with van der Waals surface area (Å²) in [5.74, 6) is -0.253. The van der Waals surface area contributed by atoms with Crippen molar-refractivity contribution in [2.24, 2.45) is 0 Å². The number of hydrogen-bond acceptors (Lipinski definition) is 10. The second-order valence-corrected chi connectivity index (χ2v) is 24.8. The molecule has 12 nitrogen and oxygen atoms in total. The molecule has 0 aromatic heterocycles. The Morgan fingerprint density at radius 3 is 1.12 bits per heavy atom. The maximum Gasteiger partial charge on any atom is 0.397 e. The Morgan fingerprint density at radius 2 is 0.808 bits per heavy atom. The van der Waals surface area contributed by atoms with E-state index in [9.17, 15) is 38.2 Å². The highest BCUT2D eigenvalue weighted by Gasteiger charge is 2.48. The van der Waals surface area contributed by atoms with E-state index in [1.54, 1.807) is 6.08 Å². The van der Waals surface area contributed by atoms with Crippen molar-refractivity contribution in [3.63, 3.8) is 0 Å². The molecular formula is C65H127NO11S. The van der Waals surface area contributed by atoms with Crippen LogP contribution in [-0.4, -0.2) is 95.4 Å². The van der Waals surface area contributed by atoms with Crippen molar-refractivity contribution in [3.05, 3.63) is 12.2 Å². The van der Waals surface area contributed by atoms with E-state index in [0.29, 0.717) is 6.42 Å². The minimum Gasteiger partial charge on any atom is -0.394 e. The molecule has 7 unspecified atom stereocenters. The van der Waals surface area contributed by atoms with E-state index in [2.05, 4.69) is 23.3 Å². The fourth-order valence-corrected chi connectivity index (χ4v) is 11.7. The van der Waals surface area contributed by atoms with Gasteiger partial charge < -0.3 is 35.2 Å². The number of carbonyl (C=O) groups excluding carboxylic acids is 1. The van der Waals surface area contributed by atoms with Crippen LogP contribution < -0.4 is 5.32 Å². The van der Waals surface area contributed by atoms with Gasteiger partial charge in [0.15, 0.2) is 6.29 Å². The average Bonchev–Trinajstić information content (AvgIpc) is 3.45. The number of aliphatic hydroxyl groups is 4. The van der Waals surface area contributed by atoms with E-state index in [-0.39, 0.29) is 18.9 Å². The predicted octanol–water partition coefficient (Wildman–Crippen LogP) is 17.0. The SMILES string of the molecule is CCCCCCCCCCCCCCCCCCCCC/C=C/C(O)C(COC1OC(CO)C(O)C(OS(=O)(=O)O)C1O)NC(=O)CCCCCCCCCCCCCCCCCCCCCCCCCCCCCCCC. The number of ether oxygens (including phenoxy) is 2. The Labute approximate surface area is 480 Å². The third kappa shape index (κ3) is 46.3. The van der Waals surface area contributed by atoms with Gasteiger partial charge >= 0.3 is 10.4 Å². The fraction of sp³-hybridized carbons (Fsp3) is 0.954. The monoisotopic (exact) mass is 1130 g/mol. The van der Waals surface area contributed by atoms with Crippen LogP contribution in [0.4, 0.5) is 0 Å². The van der Waals surface area contributed by atoms with Crippen LogP contribution in [-0.2, 0) is 28.9 Å². The van der Waals surface area contributed by atoms with Crippen molar-refractivity contribution >= 4 is 16.3 Å². The van der Waals surface area contributed by atoms with Crippen molar-refractivity contribution in [1.29, 1.82) is 0 Å². The van der Waals surface area contributed by atoms with Crippen LogP contribution in [0.2, 0.25) is 0 Å². The zero-order chi connectivity index (χ0) is 56.8. The van der Waals surface area contributed by atoms with Crippen LogP contribution in [0.5, 0.6) is 0 Å². The number of unbranched alkanes of at least 4 members (excludes halogenated alkanes) is 48. The molecule has 78 heavy (non-hydrogen) atoms. The fourth-order valence-electron chi connectivity index (χ4n) is 11.2. The van der Waals surface area contributed by atoms with Gasteiger partial charge in [0, 0.05) is 6.42 Å². The first kappa shape index (κ1) is 74.9. The van der Waals surface area contributed by atoms with Gasteiger partial charge in [-0.1, -0.05) is 328 Å². The molecule has 0 aliphatic carbocycles. The number of nitrogens with one attached hydrogen (secondary N) is 1. The van der Waals surface area contributed by atoms with E-state index in [1.165, 1.54) is 276 Å². The summed E-state index contributed by atoms with van der Waals surface area (Å²) in [5.41, 5.74) is 0. The molecule has 464 valence electrons. The van der Waals surface area contributed by atoms with E-state index < -0.39 is 59.9 Å². The minimum atomic E-state index is -5.09. The molecule has 1 heterocycles. The highest BCUT2D eigenvalue weighted by atomic mass is 32.3. The standard InChI is InChI=1S/C65H127NO11S/c1-3-5-7-9-11-13-15-17-19-21-23-25-26-27-28-29-30-31-32-33-35-37-39-41-43-45-47-49-51-53-55-61(69)66-58(57-75-65-63(71)64(77-78(72,73)74)62(70)60(56-67)76-65)59(68)54-52-50-48-46-44-42-40-38-36-34-24-22-20-18-16-14-12-10-8-6-4-2/h52,54,58-60,62-65,67-68,70-71H,3-51,53,55-57H2,1-2H3,(H,66,69)(H,72,73,74)/b54-52+. The number of allylic oxidation sites excluding steroid dienone is 1. The normalized spacial score (nSPS) is 18.8. The predicted molar refractivity (Wildman–Crippen MR) is 324 cm³/mol. The molecule has 1 amide bonds. The van der Waals surface area contributed by atoms with Gasteiger partial charge in [-0.3, -0.25) is 9.35 Å². The number of hydrogen-bond donors (Lipinski definition) is 6. The molecule has 0 aromatic rings. The summed E-state index contributed by atoms with van der Waals surface area (Å²) in [6, 6.07) is -0.941. The summed E-state index contributed by atoms with van der Waals surface area (Å²) in [4.78, 5) is 13.2. The Kier molecular flexibility index (Phi) is 52.8.